The van der Waals surface area contributed by atoms with Gasteiger partial charge < -0.3 is 5.11 Å². The molecule has 70 valence electrons. The zero-order valence-electron chi connectivity index (χ0n) is 7.39. The zero-order valence-corrected chi connectivity index (χ0v) is 8.97. The molecule has 1 amide bonds. The number of amides is 1. The molecule has 0 spiro atoms. The van der Waals surface area contributed by atoms with Crippen molar-refractivity contribution >= 4 is 27.7 Å². The molecule has 13 heavy (non-hydrogen) atoms. The highest BCUT2D eigenvalue weighted by Crippen LogP contribution is 2.25. The van der Waals surface area contributed by atoms with Gasteiger partial charge in [0.1, 0.15) is 0 Å². The number of nitrogens with one attached hydrogen (secondary N) is 1. The molecule has 0 saturated heterocycles. The first-order valence-corrected chi connectivity index (χ1v) is 4.56. The highest BCUT2D eigenvalue weighted by Gasteiger charge is 2.05. The Morgan fingerprint density at radius 3 is 2.62 bits per heavy atom. The van der Waals surface area contributed by atoms with Crippen LogP contribution < -0.4 is 5.32 Å². The molecule has 0 aliphatic heterocycles. The topological polar surface area (TPSA) is 49.3 Å². The number of carbonyl (C=O) groups is 1. The third-order valence-corrected chi connectivity index (χ3v) is 2.55. The monoisotopic (exact) mass is 243 g/mol. The molecule has 4 heteroatoms. The summed E-state index contributed by atoms with van der Waals surface area (Å²) in [5.41, 5.74) is 2.54. The van der Waals surface area contributed by atoms with Crippen molar-refractivity contribution in [3.8, 4) is 0 Å². The highest BCUT2D eigenvalue weighted by molar-refractivity contribution is 9.10. The molecule has 0 aromatic heterocycles. The van der Waals surface area contributed by atoms with Crippen LogP contribution >= 0.6 is 15.9 Å². The van der Waals surface area contributed by atoms with E-state index in [1.54, 1.807) is 6.07 Å². The van der Waals surface area contributed by atoms with Gasteiger partial charge in [0.05, 0.1) is 0 Å². The summed E-state index contributed by atoms with van der Waals surface area (Å²) >= 11 is 3.35. The minimum atomic E-state index is -1.04. The van der Waals surface area contributed by atoms with Crippen LogP contribution in [0, 0.1) is 13.8 Å². The number of carboxylic acid groups (broad SMARTS) is 1. The fourth-order valence-electron chi connectivity index (χ4n) is 1.06. The number of halogens is 1. The summed E-state index contributed by atoms with van der Waals surface area (Å²) in [6.45, 7) is 3.77. The van der Waals surface area contributed by atoms with Gasteiger partial charge in [-0.25, -0.2) is 4.79 Å². The normalized spacial score (nSPS) is 9.77. The van der Waals surface area contributed by atoms with Crippen LogP contribution in [0.25, 0.3) is 0 Å². The van der Waals surface area contributed by atoms with Gasteiger partial charge in [0, 0.05) is 10.2 Å². The van der Waals surface area contributed by atoms with Crippen LogP contribution in [0.3, 0.4) is 0 Å². The van der Waals surface area contributed by atoms with Crippen molar-refractivity contribution < 1.29 is 9.90 Å². The molecule has 1 aromatic carbocycles. The summed E-state index contributed by atoms with van der Waals surface area (Å²) in [6, 6.07) is 3.75. The second-order valence-corrected chi connectivity index (χ2v) is 3.70. The number of aryl methyl sites for hydroxylation is 1. The maximum atomic E-state index is 10.4. The van der Waals surface area contributed by atoms with Crippen molar-refractivity contribution in [1.29, 1.82) is 0 Å². The Labute approximate surface area is 84.9 Å². The van der Waals surface area contributed by atoms with E-state index in [2.05, 4.69) is 21.2 Å². The number of hydrogen-bond donors (Lipinski definition) is 2. The molecule has 0 aliphatic rings. The lowest BCUT2D eigenvalue weighted by molar-refractivity contribution is 0.209. The smallest absolute Gasteiger partial charge is 0.409 e. The van der Waals surface area contributed by atoms with Crippen LogP contribution in [0.2, 0.25) is 0 Å². The Morgan fingerprint density at radius 2 is 2.08 bits per heavy atom. The standard InChI is InChI=1S/C9H10BrNO2/c1-5-3-7(10)6(2)8(4-5)11-9(12)13/h3-4,11H,1-2H3,(H,12,13). The highest BCUT2D eigenvalue weighted by atomic mass is 79.9. The second-order valence-electron chi connectivity index (χ2n) is 2.85. The summed E-state index contributed by atoms with van der Waals surface area (Å²) in [7, 11) is 0. The molecule has 0 fully saturated rings. The van der Waals surface area contributed by atoms with E-state index in [1.165, 1.54) is 0 Å². The van der Waals surface area contributed by atoms with Crippen molar-refractivity contribution in [1.82, 2.24) is 0 Å². The number of benzene rings is 1. The largest absolute Gasteiger partial charge is 0.465 e. The number of anilines is 1. The first kappa shape index (κ1) is 10.1. The molecule has 2 N–H and O–H groups in total. The van der Waals surface area contributed by atoms with Gasteiger partial charge in [-0.15, -0.1) is 0 Å². The van der Waals surface area contributed by atoms with Gasteiger partial charge in [-0.3, -0.25) is 5.32 Å². The van der Waals surface area contributed by atoms with Crippen molar-refractivity contribution in [3.63, 3.8) is 0 Å². The first-order chi connectivity index (χ1) is 6.00. The summed E-state index contributed by atoms with van der Waals surface area (Å²) in [6.07, 6.45) is -1.04. The van der Waals surface area contributed by atoms with Gasteiger partial charge in [0.25, 0.3) is 0 Å². The molecule has 0 saturated carbocycles. The van der Waals surface area contributed by atoms with Gasteiger partial charge in [0.15, 0.2) is 0 Å². The number of hydrogen-bond acceptors (Lipinski definition) is 1. The molecule has 1 rings (SSSR count). The van der Waals surface area contributed by atoms with Gasteiger partial charge >= 0.3 is 6.09 Å². The number of rotatable bonds is 1. The second kappa shape index (κ2) is 3.79. The minimum absolute atomic E-state index is 0.624. The molecular weight excluding hydrogens is 234 g/mol. The molecule has 3 nitrogen and oxygen atoms in total. The maximum absolute atomic E-state index is 10.4. The van der Waals surface area contributed by atoms with E-state index in [-0.39, 0.29) is 0 Å². The Bertz CT molecular complexity index is 350. The molecule has 0 bridgehead atoms. The van der Waals surface area contributed by atoms with Crippen LogP contribution in [0.15, 0.2) is 16.6 Å². The lowest BCUT2D eigenvalue weighted by Crippen LogP contribution is -2.08. The lowest BCUT2D eigenvalue weighted by Gasteiger charge is -2.08. The third kappa shape index (κ3) is 2.45. The third-order valence-electron chi connectivity index (χ3n) is 1.73. The van der Waals surface area contributed by atoms with E-state index in [1.807, 2.05) is 19.9 Å². The van der Waals surface area contributed by atoms with E-state index in [0.29, 0.717) is 5.69 Å². The van der Waals surface area contributed by atoms with Gasteiger partial charge in [-0.2, -0.15) is 0 Å². The predicted molar refractivity (Wildman–Crippen MR) is 55.3 cm³/mol. The van der Waals surface area contributed by atoms with Crippen LogP contribution in [0.1, 0.15) is 11.1 Å². The summed E-state index contributed by atoms with van der Waals surface area (Å²) < 4.78 is 0.913. The molecule has 1 aromatic rings. The van der Waals surface area contributed by atoms with Gasteiger partial charge in [-0.05, 0) is 37.1 Å². The SMILES string of the molecule is Cc1cc(Br)c(C)c(NC(=O)O)c1. The molecule has 0 heterocycles. The fraction of sp³-hybridized carbons (Fsp3) is 0.222. The predicted octanol–water partition coefficient (Wildman–Crippen LogP) is 3.16. The van der Waals surface area contributed by atoms with E-state index in [9.17, 15) is 4.79 Å². The zero-order chi connectivity index (χ0) is 10.0. The first-order valence-electron chi connectivity index (χ1n) is 3.77. The molecular formula is C9H10BrNO2. The quantitative estimate of drug-likeness (QED) is 0.797. The maximum Gasteiger partial charge on any atom is 0.409 e. The Kier molecular flexibility index (Phi) is 2.93. The van der Waals surface area contributed by atoms with Crippen LogP contribution in [-0.4, -0.2) is 11.2 Å². The van der Waals surface area contributed by atoms with Crippen molar-refractivity contribution in [2.75, 3.05) is 5.32 Å². The van der Waals surface area contributed by atoms with Crippen LogP contribution in [0.4, 0.5) is 10.5 Å². The Morgan fingerprint density at radius 1 is 1.46 bits per heavy atom. The summed E-state index contributed by atoms with van der Waals surface area (Å²) in [5, 5.41) is 10.9. The minimum Gasteiger partial charge on any atom is -0.465 e. The van der Waals surface area contributed by atoms with Crippen molar-refractivity contribution in [2.45, 2.75) is 13.8 Å². The average molecular weight is 244 g/mol. The molecule has 0 aliphatic carbocycles. The fourth-order valence-corrected chi connectivity index (χ4v) is 1.63. The Balaban J connectivity index is 3.12. The van der Waals surface area contributed by atoms with Crippen LogP contribution in [0.5, 0.6) is 0 Å². The average Bonchev–Trinajstić information content (AvgIpc) is 1.98. The molecule has 0 unspecified atom stereocenters. The molecule has 0 radical (unpaired) electrons. The van der Waals surface area contributed by atoms with Gasteiger partial charge in [0.2, 0.25) is 0 Å². The Hall–Kier alpha value is -1.03. The summed E-state index contributed by atoms with van der Waals surface area (Å²) in [4.78, 5) is 10.4. The summed E-state index contributed by atoms with van der Waals surface area (Å²) in [5.74, 6) is 0. The molecule has 0 atom stereocenters. The van der Waals surface area contributed by atoms with Gasteiger partial charge in [-0.1, -0.05) is 15.9 Å². The van der Waals surface area contributed by atoms with Crippen LogP contribution in [-0.2, 0) is 0 Å². The van der Waals surface area contributed by atoms with Crippen molar-refractivity contribution in [3.05, 3.63) is 27.7 Å². The van der Waals surface area contributed by atoms with E-state index >= 15 is 0 Å². The van der Waals surface area contributed by atoms with E-state index < -0.39 is 6.09 Å². The van der Waals surface area contributed by atoms with E-state index in [4.69, 9.17) is 5.11 Å². The van der Waals surface area contributed by atoms with E-state index in [0.717, 1.165) is 15.6 Å². The lowest BCUT2D eigenvalue weighted by atomic mass is 10.1. The van der Waals surface area contributed by atoms with Crippen molar-refractivity contribution in [2.24, 2.45) is 0 Å².